The lowest BCUT2D eigenvalue weighted by atomic mass is 10.1. The number of carbonyl (C=O) groups is 1. The van der Waals surface area contributed by atoms with Crippen LogP contribution in [0.3, 0.4) is 0 Å². The summed E-state index contributed by atoms with van der Waals surface area (Å²) in [4.78, 5) is 17.9. The first-order valence-corrected chi connectivity index (χ1v) is 8.67. The van der Waals surface area contributed by atoms with E-state index in [9.17, 15) is 4.79 Å². The third-order valence-corrected chi connectivity index (χ3v) is 4.38. The number of hydrogen-bond donors (Lipinski definition) is 0. The highest BCUT2D eigenvalue weighted by Crippen LogP contribution is 2.28. The van der Waals surface area contributed by atoms with Crippen LogP contribution in [0.1, 0.15) is 39.7 Å². The number of hydrogen-bond acceptors (Lipinski definition) is 4. The fraction of sp³-hybridized carbons (Fsp3) is 0.562. The highest BCUT2D eigenvalue weighted by atomic mass is 35.5. The summed E-state index contributed by atoms with van der Waals surface area (Å²) in [6.45, 7) is 6.90. The molecule has 0 atom stereocenters. The molecular weight excluding hydrogens is 351 g/mol. The summed E-state index contributed by atoms with van der Waals surface area (Å²) in [5.74, 6) is 0. The molecule has 0 bridgehead atoms. The molecule has 2 aromatic rings. The third kappa shape index (κ3) is 3.75. The van der Waals surface area contributed by atoms with Gasteiger partial charge < -0.3 is 9.64 Å². The Morgan fingerprint density at radius 2 is 1.96 bits per heavy atom. The lowest BCUT2D eigenvalue weighted by molar-refractivity contribution is 0.0185. The average molecular weight is 371 g/mol. The normalized spacial score (nSPS) is 16.6. The maximum atomic E-state index is 12.1. The van der Waals surface area contributed by atoms with E-state index in [1.807, 2.05) is 31.6 Å². The highest BCUT2D eigenvalue weighted by molar-refractivity contribution is 6.36. The van der Waals surface area contributed by atoms with E-state index >= 15 is 0 Å². The van der Waals surface area contributed by atoms with Gasteiger partial charge in [0.1, 0.15) is 16.3 Å². The average Bonchev–Trinajstić information content (AvgIpc) is 2.90. The Bertz CT molecular complexity index is 761. The van der Waals surface area contributed by atoms with E-state index in [-0.39, 0.29) is 12.1 Å². The number of aromatic nitrogens is 3. The molecule has 1 amide bonds. The molecule has 1 aliphatic rings. The van der Waals surface area contributed by atoms with Crippen LogP contribution in [0.5, 0.6) is 0 Å². The van der Waals surface area contributed by atoms with E-state index in [2.05, 4.69) is 10.1 Å². The van der Waals surface area contributed by atoms with E-state index in [4.69, 9.17) is 27.9 Å². The molecule has 0 spiro atoms. The Labute approximate surface area is 150 Å². The second-order valence-corrected chi connectivity index (χ2v) is 7.73. The van der Waals surface area contributed by atoms with Crippen LogP contribution in [0.2, 0.25) is 10.3 Å². The van der Waals surface area contributed by atoms with Crippen LogP contribution >= 0.6 is 23.2 Å². The van der Waals surface area contributed by atoms with Crippen molar-refractivity contribution in [2.75, 3.05) is 13.1 Å². The van der Waals surface area contributed by atoms with Gasteiger partial charge in [0, 0.05) is 24.7 Å². The van der Waals surface area contributed by atoms with Gasteiger partial charge in [0.05, 0.1) is 6.04 Å². The molecule has 0 N–H and O–H groups in total. The zero-order valence-corrected chi connectivity index (χ0v) is 15.4. The summed E-state index contributed by atoms with van der Waals surface area (Å²) in [5.41, 5.74) is 0.173. The lowest BCUT2D eigenvalue weighted by Crippen LogP contribution is -2.42. The molecule has 0 unspecified atom stereocenters. The first kappa shape index (κ1) is 17.3. The zero-order chi connectivity index (χ0) is 17.5. The quantitative estimate of drug-likeness (QED) is 0.701. The Morgan fingerprint density at radius 3 is 2.58 bits per heavy atom. The zero-order valence-electron chi connectivity index (χ0n) is 13.9. The van der Waals surface area contributed by atoms with Crippen LogP contribution < -0.4 is 0 Å². The molecule has 6 nitrogen and oxygen atoms in total. The van der Waals surface area contributed by atoms with Crippen molar-refractivity contribution in [3.8, 4) is 0 Å². The minimum atomic E-state index is -0.476. The van der Waals surface area contributed by atoms with E-state index < -0.39 is 5.60 Å². The summed E-state index contributed by atoms with van der Waals surface area (Å²) in [6, 6.07) is 1.97. The summed E-state index contributed by atoms with van der Waals surface area (Å²) < 4.78 is 7.32. The maximum Gasteiger partial charge on any atom is 0.410 e. The van der Waals surface area contributed by atoms with Crippen molar-refractivity contribution in [2.24, 2.45) is 0 Å². The summed E-state index contributed by atoms with van der Waals surface area (Å²) in [5, 5.41) is 6.07. The maximum absolute atomic E-state index is 12.1. The van der Waals surface area contributed by atoms with Gasteiger partial charge in [-0.2, -0.15) is 5.10 Å². The van der Waals surface area contributed by atoms with Gasteiger partial charge in [0.2, 0.25) is 0 Å². The number of fused-ring (bicyclic) bond motifs is 1. The van der Waals surface area contributed by atoms with Gasteiger partial charge in [-0.15, -0.1) is 0 Å². The number of carbonyl (C=O) groups excluding carboxylic acids is 1. The topological polar surface area (TPSA) is 60.2 Å². The molecule has 8 heteroatoms. The third-order valence-electron chi connectivity index (χ3n) is 3.93. The Kier molecular flexibility index (Phi) is 4.62. The fourth-order valence-corrected chi connectivity index (χ4v) is 3.29. The van der Waals surface area contributed by atoms with Crippen molar-refractivity contribution in [2.45, 2.75) is 45.3 Å². The largest absolute Gasteiger partial charge is 0.444 e. The summed E-state index contributed by atoms with van der Waals surface area (Å²) >= 11 is 12.0. The van der Waals surface area contributed by atoms with E-state index in [1.54, 1.807) is 11.0 Å². The van der Waals surface area contributed by atoms with Crippen molar-refractivity contribution in [1.82, 2.24) is 19.7 Å². The molecule has 0 radical (unpaired) electrons. The molecular formula is C16H20Cl2N4O2. The number of amides is 1. The minimum absolute atomic E-state index is 0.214. The molecule has 1 aliphatic heterocycles. The number of halogens is 2. The van der Waals surface area contributed by atoms with Crippen molar-refractivity contribution in [1.29, 1.82) is 0 Å². The van der Waals surface area contributed by atoms with Gasteiger partial charge in [0.15, 0.2) is 5.15 Å². The molecule has 3 heterocycles. The van der Waals surface area contributed by atoms with Gasteiger partial charge in [-0.25, -0.2) is 9.78 Å². The Balaban J connectivity index is 1.69. The van der Waals surface area contributed by atoms with Crippen LogP contribution in [0.15, 0.2) is 12.3 Å². The summed E-state index contributed by atoms with van der Waals surface area (Å²) in [7, 11) is 0. The predicted octanol–water partition coefficient (Wildman–Crippen LogP) is 4.31. The molecule has 130 valence electrons. The summed E-state index contributed by atoms with van der Waals surface area (Å²) in [6.07, 6.45) is 3.30. The molecule has 0 aliphatic carbocycles. The SMILES string of the molecule is CC(C)(C)OC(=O)N1CCC(n2cc3cc(Cl)nc(Cl)c3n2)CC1. The second-order valence-electron chi connectivity index (χ2n) is 6.98. The molecule has 1 saturated heterocycles. The number of likely N-dealkylation sites (tertiary alicyclic amines) is 1. The van der Waals surface area contributed by atoms with E-state index in [0.717, 1.165) is 18.2 Å². The minimum Gasteiger partial charge on any atom is -0.444 e. The number of ether oxygens (including phenoxy) is 1. The van der Waals surface area contributed by atoms with Crippen molar-refractivity contribution >= 4 is 40.2 Å². The molecule has 2 aromatic heterocycles. The molecule has 1 fully saturated rings. The van der Waals surface area contributed by atoms with Crippen LogP contribution in [-0.2, 0) is 4.74 Å². The predicted molar refractivity (Wildman–Crippen MR) is 93.6 cm³/mol. The standard InChI is InChI=1S/C16H20Cl2N4O2/c1-16(2,3)24-15(23)21-6-4-11(5-7-21)22-9-10-8-12(17)19-14(18)13(10)20-22/h8-9,11H,4-7H2,1-3H3. The number of nitrogens with zero attached hydrogens (tertiary/aromatic N) is 4. The highest BCUT2D eigenvalue weighted by Gasteiger charge is 2.28. The van der Waals surface area contributed by atoms with E-state index in [0.29, 0.717) is 28.9 Å². The Hall–Kier alpha value is -1.53. The monoisotopic (exact) mass is 370 g/mol. The van der Waals surface area contributed by atoms with Crippen molar-refractivity contribution < 1.29 is 9.53 Å². The number of pyridine rings is 1. The van der Waals surface area contributed by atoms with E-state index in [1.165, 1.54) is 0 Å². The molecule has 0 saturated carbocycles. The van der Waals surface area contributed by atoms with Gasteiger partial charge in [0.25, 0.3) is 0 Å². The van der Waals surface area contributed by atoms with Crippen molar-refractivity contribution in [3.63, 3.8) is 0 Å². The molecule has 3 rings (SSSR count). The van der Waals surface area contributed by atoms with Crippen LogP contribution in [0, 0.1) is 0 Å². The molecule has 24 heavy (non-hydrogen) atoms. The Morgan fingerprint density at radius 1 is 1.29 bits per heavy atom. The van der Waals surface area contributed by atoms with Crippen LogP contribution in [-0.4, -0.2) is 44.4 Å². The first-order chi connectivity index (χ1) is 11.2. The van der Waals surface area contributed by atoms with Gasteiger partial charge in [-0.05, 0) is 39.7 Å². The first-order valence-electron chi connectivity index (χ1n) is 7.92. The number of piperidine rings is 1. The van der Waals surface area contributed by atoms with Gasteiger partial charge >= 0.3 is 6.09 Å². The smallest absolute Gasteiger partial charge is 0.410 e. The number of rotatable bonds is 1. The second kappa shape index (κ2) is 6.41. The fourth-order valence-electron chi connectivity index (χ4n) is 2.81. The lowest BCUT2D eigenvalue weighted by Gasteiger charge is -2.33. The van der Waals surface area contributed by atoms with Crippen LogP contribution in [0.4, 0.5) is 4.79 Å². The van der Waals surface area contributed by atoms with Crippen molar-refractivity contribution in [3.05, 3.63) is 22.6 Å². The molecule has 0 aromatic carbocycles. The van der Waals surface area contributed by atoms with Crippen LogP contribution in [0.25, 0.3) is 10.9 Å². The van der Waals surface area contributed by atoms with Gasteiger partial charge in [-0.3, -0.25) is 4.68 Å². The van der Waals surface area contributed by atoms with Gasteiger partial charge in [-0.1, -0.05) is 23.2 Å².